The van der Waals surface area contributed by atoms with Crippen LogP contribution in [0.4, 0.5) is 5.69 Å². The summed E-state index contributed by atoms with van der Waals surface area (Å²) in [4.78, 5) is 29.0. The summed E-state index contributed by atoms with van der Waals surface area (Å²) in [5.74, 6) is -0.536. The van der Waals surface area contributed by atoms with Crippen molar-refractivity contribution < 1.29 is 9.59 Å². The Morgan fingerprint density at radius 2 is 1.81 bits per heavy atom. The second kappa shape index (κ2) is 8.13. The maximum absolute atomic E-state index is 12.6. The monoisotopic (exact) mass is 353 g/mol. The highest BCUT2D eigenvalue weighted by Gasteiger charge is 2.20. The van der Waals surface area contributed by atoms with E-state index in [0.717, 1.165) is 17.7 Å². The lowest BCUT2D eigenvalue weighted by atomic mass is 9.86. The Balaban J connectivity index is 2.22. The zero-order chi connectivity index (χ0) is 19.3. The van der Waals surface area contributed by atoms with Crippen molar-refractivity contribution in [2.45, 2.75) is 52.5 Å². The fourth-order valence-electron chi connectivity index (χ4n) is 2.54. The van der Waals surface area contributed by atoms with Crippen LogP contribution in [0.3, 0.4) is 0 Å². The highest BCUT2D eigenvalue weighted by molar-refractivity contribution is 6.05. The van der Waals surface area contributed by atoms with Crippen molar-refractivity contribution in [2.24, 2.45) is 0 Å². The van der Waals surface area contributed by atoms with E-state index in [-0.39, 0.29) is 29.0 Å². The molecule has 0 spiro atoms. The number of carbonyl (C=O) groups excluding carboxylic acids is 2. The van der Waals surface area contributed by atoms with E-state index in [0.29, 0.717) is 5.56 Å². The first-order valence-corrected chi connectivity index (χ1v) is 8.90. The molecule has 2 N–H and O–H groups in total. The second-order valence-electron chi connectivity index (χ2n) is 7.46. The molecular formula is C21H27N3O2. The topological polar surface area (TPSA) is 71.1 Å². The largest absolute Gasteiger partial charge is 0.350 e. The molecule has 0 saturated carbocycles. The van der Waals surface area contributed by atoms with Crippen LogP contribution in [0.2, 0.25) is 0 Å². The molecule has 1 heterocycles. The molecule has 2 rings (SSSR count). The molecule has 0 bridgehead atoms. The lowest BCUT2D eigenvalue weighted by Crippen LogP contribution is -2.32. The van der Waals surface area contributed by atoms with Gasteiger partial charge in [0.05, 0.1) is 0 Å². The molecule has 2 aromatic rings. The van der Waals surface area contributed by atoms with Gasteiger partial charge in [-0.05, 0) is 42.5 Å². The van der Waals surface area contributed by atoms with Gasteiger partial charge in [0.2, 0.25) is 0 Å². The second-order valence-corrected chi connectivity index (χ2v) is 7.46. The van der Waals surface area contributed by atoms with E-state index in [4.69, 9.17) is 0 Å². The molecule has 138 valence electrons. The first-order valence-electron chi connectivity index (χ1n) is 8.90. The Kier molecular flexibility index (Phi) is 6.14. The molecule has 0 aliphatic heterocycles. The Bertz CT molecular complexity index is 794. The normalized spacial score (nSPS) is 12.3. The SMILES string of the molecule is CCC(C)NC(=O)c1ccnc(C(=O)Nc2ccccc2C(C)(C)C)c1. The van der Waals surface area contributed by atoms with Gasteiger partial charge in [0.1, 0.15) is 5.69 Å². The number of nitrogens with zero attached hydrogens (tertiary/aromatic N) is 1. The van der Waals surface area contributed by atoms with Crippen molar-refractivity contribution in [3.63, 3.8) is 0 Å². The molecule has 2 amide bonds. The summed E-state index contributed by atoms with van der Waals surface area (Å²) < 4.78 is 0. The summed E-state index contributed by atoms with van der Waals surface area (Å²) in [6, 6.07) is 10.9. The van der Waals surface area contributed by atoms with Crippen LogP contribution in [-0.4, -0.2) is 22.8 Å². The minimum absolute atomic E-state index is 0.0756. The van der Waals surface area contributed by atoms with Crippen molar-refractivity contribution >= 4 is 17.5 Å². The highest BCUT2D eigenvalue weighted by Crippen LogP contribution is 2.29. The third kappa shape index (κ3) is 4.91. The maximum Gasteiger partial charge on any atom is 0.274 e. The third-order valence-electron chi connectivity index (χ3n) is 4.23. The van der Waals surface area contributed by atoms with Crippen LogP contribution in [0.15, 0.2) is 42.6 Å². The smallest absolute Gasteiger partial charge is 0.274 e. The Labute approximate surface area is 155 Å². The number of anilines is 1. The molecular weight excluding hydrogens is 326 g/mol. The van der Waals surface area contributed by atoms with Crippen molar-refractivity contribution in [2.75, 3.05) is 5.32 Å². The summed E-state index contributed by atoms with van der Waals surface area (Å²) in [7, 11) is 0. The van der Waals surface area contributed by atoms with Crippen LogP contribution >= 0.6 is 0 Å². The van der Waals surface area contributed by atoms with E-state index in [2.05, 4.69) is 36.4 Å². The van der Waals surface area contributed by atoms with Gasteiger partial charge >= 0.3 is 0 Å². The third-order valence-corrected chi connectivity index (χ3v) is 4.23. The van der Waals surface area contributed by atoms with Crippen LogP contribution in [0, 0.1) is 0 Å². The molecule has 1 atom stereocenters. The van der Waals surface area contributed by atoms with Crippen molar-refractivity contribution in [1.82, 2.24) is 10.3 Å². The quantitative estimate of drug-likeness (QED) is 0.848. The highest BCUT2D eigenvalue weighted by atomic mass is 16.2. The number of hydrogen-bond donors (Lipinski definition) is 2. The first-order chi connectivity index (χ1) is 12.2. The predicted molar refractivity (Wildman–Crippen MR) is 105 cm³/mol. The summed E-state index contributed by atoms with van der Waals surface area (Å²) in [5.41, 5.74) is 2.33. The maximum atomic E-state index is 12.6. The number of hydrogen-bond acceptors (Lipinski definition) is 3. The van der Waals surface area contributed by atoms with Gasteiger partial charge in [-0.1, -0.05) is 45.9 Å². The van der Waals surface area contributed by atoms with Gasteiger partial charge in [-0.2, -0.15) is 0 Å². The zero-order valence-electron chi connectivity index (χ0n) is 16.1. The summed E-state index contributed by atoms with van der Waals surface area (Å²) in [6.45, 7) is 10.2. The number of aromatic nitrogens is 1. The molecule has 0 aliphatic rings. The van der Waals surface area contributed by atoms with E-state index >= 15 is 0 Å². The van der Waals surface area contributed by atoms with Gasteiger partial charge in [-0.25, -0.2) is 0 Å². The number of rotatable bonds is 5. The number of benzene rings is 1. The average Bonchev–Trinajstić information content (AvgIpc) is 2.61. The predicted octanol–water partition coefficient (Wildman–Crippen LogP) is 4.16. The van der Waals surface area contributed by atoms with Crippen molar-refractivity contribution in [1.29, 1.82) is 0 Å². The van der Waals surface area contributed by atoms with Crippen molar-refractivity contribution in [3.05, 3.63) is 59.4 Å². The molecule has 0 radical (unpaired) electrons. The Hall–Kier alpha value is -2.69. The van der Waals surface area contributed by atoms with E-state index in [1.54, 1.807) is 6.07 Å². The summed E-state index contributed by atoms with van der Waals surface area (Å²) >= 11 is 0. The zero-order valence-corrected chi connectivity index (χ0v) is 16.1. The molecule has 1 aromatic carbocycles. The minimum Gasteiger partial charge on any atom is -0.350 e. The van der Waals surface area contributed by atoms with Crippen LogP contribution in [0.1, 0.15) is 67.4 Å². The van der Waals surface area contributed by atoms with Gasteiger partial charge in [0.15, 0.2) is 0 Å². The summed E-state index contributed by atoms with van der Waals surface area (Å²) in [6.07, 6.45) is 2.32. The molecule has 0 aliphatic carbocycles. The standard InChI is InChI=1S/C21H27N3O2/c1-6-14(2)23-19(25)15-11-12-22-18(13-15)20(26)24-17-10-8-7-9-16(17)21(3,4)5/h7-14H,6H2,1-5H3,(H,23,25)(H,24,26). The number of nitrogens with one attached hydrogen (secondary N) is 2. The molecule has 1 aromatic heterocycles. The van der Waals surface area contributed by atoms with Crippen LogP contribution < -0.4 is 10.6 Å². The molecule has 5 nitrogen and oxygen atoms in total. The lowest BCUT2D eigenvalue weighted by molar-refractivity contribution is 0.0939. The average molecular weight is 353 g/mol. The number of amides is 2. The van der Waals surface area contributed by atoms with Gasteiger partial charge in [-0.3, -0.25) is 14.6 Å². The van der Waals surface area contributed by atoms with Gasteiger partial charge in [0, 0.05) is 23.5 Å². The Morgan fingerprint density at radius 1 is 1.12 bits per heavy atom. The lowest BCUT2D eigenvalue weighted by Gasteiger charge is -2.22. The first kappa shape index (κ1) is 19.6. The molecule has 0 saturated heterocycles. The van der Waals surface area contributed by atoms with Crippen LogP contribution in [0.5, 0.6) is 0 Å². The van der Waals surface area contributed by atoms with Gasteiger partial charge in [0.25, 0.3) is 11.8 Å². The Morgan fingerprint density at radius 3 is 2.46 bits per heavy atom. The van der Waals surface area contributed by atoms with Crippen molar-refractivity contribution in [3.8, 4) is 0 Å². The van der Waals surface area contributed by atoms with Crippen LogP contribution in [0.25, 0.3) is 0 Å². The number of para-hydroxylation sites is 1. The number of pyridine rings is 1. The fraction of sp³-hybridized carbons (Fsp3) is 0.381. The summed E-state index contributed by atoms with van der Waals surface area (Å²) in [5, 5.41) is 5.81. The number of carbonyl (C=O) groups is 2. The van der Waals surface area contributed by atoms with Gasteiger partial charge < -0.3 is 10.6 Å². The molecule has 0 fully saturated rings. The molecule has 26 heavy (non-hydrogen) atoms. The van der Waals surface area contributed by atoms with E-state index in [1.807, 2.05) is 38.1 Å². The van der Waals surface area contributed by atoms with E-state index < -0.39 is 0 Å². The van der Waals surface area contributed by atoms with Gasteiger partial charge in [-0.15, -0.1) is 0 Å². The molecule has 1 unspecified atom stereocenters. The molecule has 5 heteroatoms. The van der Waals surface area contributed by atoms with Crippen LogP contribution in [-0.2, 0) is 5.41 Å². The fourth-order valence-corrected chi connectivity index (χ4v) is 2.54. The minimum atomic E-state index is -0.333. The van der Waals surface area contributed by atoms with E-state index in [1.165, 1.54) is 12.3 Å². The van der Waals surface area contributed by atoms with E-state index in [9.17, 15) is 9.59 Å².